The minimum absolute atomic E-state index is 0.239. The highest BCUT2D eigenvalue weighted by molar-refractivity contribution is 7.94. The quantitative estimate of drug-likeness (QED) is 0.472. The first-order valence-electron chi connectivity index (χ1n) is 12.8. The Hall–Kier alpha value is -3.31. The van der Waals surface area contributed by atoms with Crippen molar-refractivity contribution in [1.82, 2.24) is 14.9 Å². The van der Waals surface area contributed by atoms with Gasteiger partial charge in [-0.05, 0) is 48.4 Å². The maximum Gasteiger partial charge on any atom is 0.327 e. The number of anilines is 3. The van der Waals surface area contributed by atoms with E-state index < -0.39 is 22.0 Å². The number of piperazine rings is 1. The Bertz CT molecular complexity index is 1460. The number of benzene rings is 1. The van der Waals surface area contributed by atoms with E-state index in [1.54, 1.807) is 12.1 Å². The SMILES string of the molecule is Cc1ccc(CN2CCN(c3ccncc3)CC2)cc1-c1ccc2c(n1)N(C)S(=O)(=O)N2CC1CC1(F)F. The summed E-state index contributed by atoms with van der Waals surface area (Å²) in [6.45, 7) is 6.35. The molecule has 2 fully saturated rings. The predicted octanol–water partition coefficient (Wildman–Crippen LogP) is 3.93. The van der Waals surface area contributed by atoms with Crippen LogP contribution in [0.2, 0.25) is 0 Å². The molecule has 1 unspecified atom stereocenters. The van der Waals surface area contributed by atoms with Crippen LogP contribution in [0, 0.1) is 12.8 Å². The van der Waals surface area contributed by atoms with E-state index in [-0.39, 0.29) is 18.8 Å². The predicted molar refractivity (Wildman–Crippen MR) is 144 cm³/mol. The zero-order chi connectivity index (χ0) is 26.7. The third-order valence-electron chi connectivity index (χ3n) is 7.77. The summed E-state index contributed by atoms with van der Waals surface area (Å²) in [6, 6.07) is 13.8. The molecule has 38 heavy (non-hydrogen) atoms. The van der Waals surface area contributed by atoms with E-state index in [2.05, 4.69) is 33.0 Å². The Labute approximate surface area is 221 Å². The molecule has 2 aromatic heterocycles. The standard InChI is InChI=1S/C27H30F2N6O2S/c1-19-3-4-20(17-33-11-13-34(14-12-33)22-7-9-30-10-8-22)15-23(19)24-5-6-25-26(31-24)32(2)38(36,37)35(25)18-21-16-27(21,28)29/h3-10,15,21H,11-14,16-18H2,1-2H3. The molecule has 1 atom stereocenters. The van der Waals surface area contributed by atoms with Gasteiger partial charge < -0.3 is 4.90 Å². The fraction of sp³-hybridized carbons (Fsp3) is 0.407. The number of rotatable bonds is 6. The normalized spacial score (nSPS) is 22.0. The molecule has 3 aliphatic rings. The lowest BCUT2D eigenvalue weighted by Crippen LogP contribution is -2.45. The molecule has 200 valence electrons. The van der Waals surface area contributed by atoms with Gasteiger partial charge in [0, 0.05) is 82.3 Å². The highest BCUT2D eigenvalue weighted by Gasteiger charge is 2.59. The van der Waals surface area contributed by atoms with Crippen molar-refractivity contribution in [2.24, 2.45) is 5.92 Å². The van der Waals surface area contributed by atoms with E-state index >= 15 is 0 Å². The lowest BCUT2D eigenvalue weighted by molar-refractivity contribution is 0.101. The summed E-state index contributed by atoms with van der Waals surface area (Å²) >= 11 is 0. The van der Waals surface area contributed by atoms with E-state index in [4.69, 9.17) is 4.98 Å². The first kappa shape index (κ1) is 25.0. The van der Waals surface area contributed by atoms with Crippen molar-refractivity contribution in [2.45, 2.75) is 25.8 Å². The van der Waals surface area contributed by atoms with Crippen LogP contribution in [0.5, 0.6) is 0 Å². The molecule has 0 amide bonds. The average Bonchev–Trinajstić information content (AvgIpc) is 3.48. The van der Waals surface area contributed by atoms with Crippen LogP contribution in [0.3, 0.4) is 0 Å². The Morgan fingerprint density at radius 2 is 1.74 bits per heavy atom. The number of fused-ring (bicyclic) bond motifs is 1. The molecule has 0 N–H and O–H groups in total. The van der Waals surface area contributed by atoms with E-state index in [9.17, 15) is 17.2 Å². The number of hydrogen-bond acceptors (Lipinski definition) is 6. The van der Waals surface area contributed by atoms with Crippen LogP contribution in [0.4, 0.5) is 26.0 Å². The first-order valence-corrected chi connectivity index (χ1v) is 14.2. The van der Waals surface area contributed by atoms with Crippen molar-refractivity contribution in [1.29, 1.82) is 0 Å². The highest BCUT2D eigenvalue weighted by Crippen LogP contribution is 2.51. The van der Waals surface area contributed by atoms with Crippen LogP contribution in [-0.4, -0.2) is 69.0 Å². The Morgan fingerprint density at radius 3 is 2.42 bits per heavy atom. The van der Waals surface area contributed by atoms with Gasteiger partial charge in [0.15, 0.2) is 5.82 Å². The lowest BCUT2D eigenvalue weighted by atomic mass is 10.0. The maximum atomic E-state index is 13.5. The number of aromatic nitrogens is 2. The summed E-state index contributed by atoms with van der Waals surface area (Å²) in [5.41, 5.74) is 5.31. The third-order valence-corrected chi connectivity index (χ3v) is 9.54. The number of nitrogens with zero attached hydrogens (tertiary/aromatic N) is 6. The molecular weight excluding hydrogens is 510 g/mol. The molecule has 1 saturated heterocycles. The Balaban J connectivity index is 1.20. The molecular formula is C27H30F2N6O2S. The average molecular weight is 541 g/mol. The van der Waals surface area contributed by atoms with Crippen LogP contribution in [0.1, 0.15) is 17.5 Å². The van der Waals surface area contributed by atoms with Crippen molar-refractivity contribution >= 4 is 27.4 Å². The van der Waals surface area contributed by atoms with Gasteiger partial charge >= 0.3 is 10.2 Å². The van der Waals surface area contributed by atoms with Crippen molar-refractivity contribution < 1.29 is 17.2 Å². The van der Waals surface area contributed by atoms with Gasteiger partial charge in [0.2, 0.25) is 0 Å². The summed E-state index contributed by atoms with van der Waals surface area (Å²) in [6.07, 6.45) is 3.35. The molecule has 1 saturated carbocycles. The first-order chi connectivity index (χ1) is 18.1. The molecule has 0 spiro atoms. The van der Waals surface area contributed by atoms with E-state index in [1.807, 2.05) is 31.5 Å². The Morgan fingerprint density at radius 1 is 1.03 bits per heavy atom. The monoisotopic (exact) mass is 540 g/mol. The third kappa shape index (κ3) is 4.47. The van der Waals surface area contributed by atoms with E-state index in [0.717, 1.165) is 58.0 Å². The molecule has 3 aromatic rings. The van der Waals surface area contributed by atoms with Gasteiger partial charge in [0.25, 0.3) is 5.92 Å². The van der Waals surface area contributed by atoms with Crippen molar-refractivity contribution in [3.05, 3.63) is 66.0 Å². The van der Waals surface area contributed by atoms with Crippen molar-refractivity contribution in [3.63, 3.8) is 0 Å². The summed E-state index contributed by atoms with van der Waals surface area (Å²) in [4.78, 5) is 13.6. The molecule has 6 rings (SSSR count). The molecule has 8 nitrogen and oxygen atoms in total. The number of halogens is 2. The molecule has 0 radical (unpaired) electrons. The van der Waals surface area contributed by atoms with Crippen LogP contribution in [0.15, 0.2) is 54.9 Å². The topological polar surface area (TPSA) is 72.9 Å². The fourth-order valence-electron chi connectivity index (χ4n) is 5.28. The molecule has 2 aliphatic heterocycles. The molecule has 0 bridgehead atoms. The number of alkyl halides is 2. The van der Waals surface area contributed by atoms with Gasteiger partial charge in [-0.1, -0.05) is 12.1 Å². The van der Waals surface area contributed by atoms with Crippen LogP contribution in [-0.2, 0) is 16.8 Å². The minimum atomic E-state index is -3.93. The summed E-state index contributed by atoms with van der Waals surface area (Å²) in [5.74, 6) is -3.49. The van der Waals surface area contributed by atoms with Gasteiger partial charge in [-0.15, -0.1) is 0 Å². The minimum Gasteiger partial charge on any atom is -0.369 e. The zero-order valence-electron chi connectivity index (χ0n) is 21.4. The van der Waals surface area contributed by atoms with Crippen molar-refractivity contribution in [2.75, 3.05) is 53.3 Å². The van der Waals surface area contributed by atoms with Crippen LogP contribution in [0.25, 0.3) is 11.3 Å². The highest BCUT2D eigenvalue weighted by atomic mass is 32.2. The van der Waals surface area contributed by atoms with Gasteiger partial charge in [0.1, 0.15) is 0 Å². The van der Waals surface area contributed by atoms with Gasteiger partial charge in [-0.3, -0.25) is 9.88 Å². The molecule has 1 aromatic carbocycles. The number of hydrogen-bond donors (Lipinski definition) is 0. The number of pyridine rings is 2. The summed E-state index contributed by atoms with van der Waals surface area (Å²) in [7, 11) is -2.51. The summed E-state index contributed by atoms with van der Waals surface area (Å²) < 4.78 is 55.2. The molecule has 1 aliphatic carbocycles. The van der Waals surface area contributed by atoms with E-state index in [1.165, 1.54) is 12.7 Å². The summed E-state index contributed by atoms with van der Waals surface area (Å²) in [5, 5.41) is 0. The second kappa shape index (κ2) is 9.16. The van der Waals surface area contributed by atoms with Gasteiger partial charge in [0.05, 0.1) is 11.4 Å². The van der Waals surface area contributed by atoms with Crippen LogP contribution < -0.4 is 13.5 Å². The van der Waals surface area contributed by atoms with Crippen molar-refractivity contribution in [3.8, 4) is 11.3 Å². The van der Waals surface area contributed by atoms with E-state index in [0.29, 0.717) is 11.4 Å². The maximum absolute atomic E-state index is 13.5. The molecule has 11 heteroatoms. The smallest absolute Gasteiger partial charge is 0.327 e. The van der Waals surface area contributed by atoms with Gasteiger partial charge in [-0.25, -0.2) is 22.4 Å². The lowest BCUT2D eigenvalue weighted by Gasteiger charge is -2.36. The van der Waals surface area contributed by atoms with Crippen LogP contribution >= 0.6 is 0 Å². The zero-order valence-corrected chi connectivity index (χ0v) is 22.2. The molecule has 4 heterocycles. The fourth-order valence-corrected chi connectivity index (χ4v) is 6.69. The second-order valence-electron chi connectivity index (χ2n) is 10.3. The second-order valence-corrected chi connectivity index (χ2v) is 12.2. The number of aryl methyl sites for hydroxylation is 1. The Kier molecular flexibility index (Phi) is 6.03. The van der Waals surface area contributed by atoms with Gasteiger partial charge in [-0.2, -0.15) is 8.42 Å². The largest absolute Gasteiger partial charge is 0.369 e.